The van der Waals surface area contributed by atoms with Gasteiger partial charge in [-0.15, -0.1) is 0 Å². The zero-order valence-electron chi connectivity index (χ0n) is 9.43. The third-order valence-electron chi connectivity index (χ3n) is 3.22. The number of hydrogen-bond donors (Lipinski definition) is 0. The van der Waals surface area contributed by atoms with Crippen molar-refractivity contribution in [3.05, 3.63) is 34.4 Å². The molecular weight excluding hydrogens is 170 g/mol. The molecule has 0 N–H and O–H groups in total. The van der Waals surface area contributed by atoms with Gasteiger partial charge in [0.25, 0.3) is 0 Å². The molecule has 14 heavy (non-hydrogen) atoms. The molecule has 0 unspecified atom stereocenters. The summed E-state index contributed by atoms with van der Waals surface area (Å²) in [6.45, 7) is 6.82. The highest BCUT2D eigenvalue weighted by atomic mass is 15.1. The molecule has 0 radical (unpaired) electrons. The molecule has 0 fully saturated rings. The fourth-order valence-electron chi connectivity index (χ4n) is 2.35. The number of benzene rings is 1. The van der Waals surface area contributed by atoms with Crippen LogP contribution >= 0.6 is 0 Å². The molecule has 2 rings (SSSR count). The average molecular weight is 189 g/mol. The van der Waals surface area contributed by atoms with Crippen LogP contribution < -0.4 is 0 Å². The van der Waals surface area contributed by atoms with Crippen LogP contribution in [-0.2, 0) is 19.4 Å². The second kappa shape index (κ2) is 3.74. The standard InChI is InChI=1S/C13H19N/c1-4-11-7-10(2)13-5-6-14(3)9-12(13)8-11/h7-8H,4-6,9H2,1-3H3. The lowest BCUT2D eigenvalue weighted by Crippen LogP contribution is -2.27. The number of aryl methyl sites for hydroxylation is 2. The highest BCUT2D eigenvalue weighted by Crippen LogP contribution is 2.23. The molecule has 1 heterocycles. The van der Waals surface area contributed by atoms with Gasteiger partial charge in [-0.25, -0.2) is 0 Å². The molecule has 1 aliphatic heterocycles. The molecule has 1 aromatic carbocycles. The first kappa shape index (κ1) is 9.72. The lowest BCUT2D eigenvalue weighted by molar-refractivity contribution is 0.312. The fourth-order valence-corrected chi connectivity index (χ4v) is 2.35. The van der Waals surface area contributed by atoms with E-state index in [0.29, 0.717) is 0 Å². The van der Waals surface area contributed by atoms with Crippen molar-refractivity contribution in [2.24, 2.45) is 0 Å². The van der Waals surface area contributed by atoms with Gasteiger partial charge < -0.3 is 4.90 Å². The van der Waals surface area contributed by atoms with Crippen molar-refractivity contribution in [1.29, 1.82) is 0 Å². The Morgan fingerprint density at radius 2 is 2.14 bits per heavy atom. The molecule has 0 atom stereocenters. The minimum atomic E-state index is 1.13. The topological polar surface area (TPSA) is 3.24 Å². The summed E-state index contributed by atoms with van der Waals surface area (Å²) < 4.78 is 0. The smallest absolute Gasteiger partial charge is 0.0233 e. The first-order valence-corrected chi connectivity index (χ1v) is 5.50. The predicted octanol–water partition coefficient (Wildman–Crippen LogP) is 2.55. The van der Waals surface area contributed by atoms with Crippen LogP contribution in [0.2, 0.25) is 0 Å². The van der Waals surface area contributed by atoms with E-state index in [0.717, 1.165) is 13.0 Å². The van der Waals surface area contributed by atoms with Crippen LogP contribution in [0.5, 0.6) is 0 Å². The Morgan fingerprint density at radius 3 is 2.86 bits per heavy atom. The SMILES string of the molecule is CCc1cc(C)c2c(c1)CN(C)CC2. The number of rotatable bonds is 1. The maximum atomic E-state index is 2.40. The summed E-state index contributed by atoms with van der Waals surface area (Å²) in [5.74, 6) is 0. The summed E-state index contributed by atoms with van der Waals surface area (Å²) in [6, 6.07) is 4.74. The maximum absolute atomic E-state index is 2.40. The molecule has 1 heteroatoms. The molecule has 0 spiro atoms. The Balaban J connectivity index is 2.43. The van der Waals surface area contributed by atoms with E-state index in [2.05, 4.69) is 37.9 Å². The van der Waals surface area contributed by atoms with E-state index in [1.165, 1.54) is 24.1 Å². The van der Waals surface area contributed by atoms with Crippen molar-refractivity contribution in [3.8, 4) is 0 Å². The Bertz CT molecular complexity index is 341. The number of nitrogens with zero attached hydrogens (tertiary/aromatic N) is 1. The van der Waals surface area contributed by atoms with Crippen molar-refractivity contribution in [1.82, 2.24) is 4.90 Å². The second-order valence-corrected chi connectivity index (χ2v) is 4.39. The summed E-state index contributed by atoms with van der Waals surface area (Å²) in [7, 11) is 2.21. The zero-order valence-corrected chi connectivity index (χ0v) is 9.43. The van der Waals surface area contributed by atoms with Crippen LogP contribution in [0.3, 0.4) is 0 Å². The van der Waals surface area contributed by atoms with Crippen LogP contribution in [0.25, 0.3) is 0 Å². The van der Waals surface area contributed by atoms with Gasteiger partial charge in [0.1, 0.15) is 0 Å². The van der Waals surface area contributed by atoms with Gasteiger partial charge >= 0.3 is 0 Å². The van der Waals surface area contributed by atoms with Crippen molar-refractivity contribution in [2.45, 2.75) is 33.2 Å². The Hall–Kier alpha value is -0.820. The van der Waals surface area contributed by atoms with Crippen molar-refractivity contribution < 1.29 is 0 Å². The second-order valence-electron chi connectivity index (χ2n) is 4.39. The normalized spacial score (nSPS) is 16.8. The van der Waals surface area contributed by atoms with Gasteiger partial charge in [0, 0.05) is 13.1 Å². The molecule has 0 bridgehead atoms. The molecular formula is C13H19N. The summed E-state index contributed by atoms with van der Waals surface area (Å²) in [6.07, 6.45) is 2.37. The van der Waals surface area contributed by atoms with Crippen LogP contribution in [-0.4, -0.2) is 18.5 Å². The largest absolute Gasteiger partial charge is 0.302 e. The van der Waals surface area contributed by atoms with Gasteiger partial charge in [0.2, 0.25) is 0 Å². The molecule has 1 aromatic rings. The van der Waals surface area contributed by atoms with Crippen molar-refractivity contribution in [2.75, 3.05) is 13.6 Å². The summed E-state index contributed by atoms with van der Waals surface area (Å²) >= 11 is 0. The van der Waals surface area contributed by atoms with Crippen LogP contribution in [0, 0.1) is 6.92 Å². The lowest BCUT2D eigenvalue weighted by Gasteiger charge is -2.26. The molecule has 1 nitrogen and oxygen atoms in total. The van der Waals surface area contributed by atoms with E-state index in [1.54, 1.807) is 11.1 Å². The molecule has 1 aliphatic rings. The molecule has 0 amide bonds. The predicted molar refractivity (Wildman–Crippen MR) is 60.6 cm³/mol. The van der Waals surface area contributed by atoms with E-state index in [-0.39, 0.29) is 0 Å². The van der Waals surface area contributed by atoms with Crippen LogP contribution in [0.4, 0.5) is 0 Å². The first-order valence-electron chi connectivity index (χ1n) is 5.50. The van der Waals surface area contributed by atoms with Crippen molar-refractivity contribution >= 4 is 0 Å². The van der Waals surface area contributed by atoms with E-state index in [9.17, 15) is 0 Å². The van der Waals surface area contributed by atoms with E-state index in [4.69, 9.17) is 0 Å². The van der Waals surface area contributed by atoms with Gasteiger partial charge in [-0.3, -0.25) is 0 Å². The minimum absolute atomic E-state index is 1.13. The zero-order chi connectivity index (χ0) is 10.1. The quantitative estimate of drug-likeness (QED) is 0.656. The Labute approximate surface area is 86.7 Å². The average Bonchev–Trinajstić information content (AvgIpc) is 2.16. The van der Waals surface area contributed by atoms with E-state index in [1.807, 2.05) is 0 Å². The van der Waals surface area contributed by atoms with Crippen LogP contribution in [0.15, 0.2) is 12.1 Å². The molecule has 0 saturated carbocycles. The number of likely N-dealkylation sites (N-methyl/N-ethyl adjacent to an activating group) is 1. The maximum Gasteiger partial charge on any atom is 0.0233 e. The molecule has 0 saturated heterocycles. The molecule has 0 aliphatic carbocycles. The lowest BCUT2D eigenvalue weighted by atomic mass is 9.92. The van der Waals surface area contributed by atoms with Gasteiger partial charge in [-0.05, 0) is 49.1 Å². The van der Waals surface area contributed by atoms with E-state index >= 15 is 0 Å². The number of hydrogen-bond acceptors (Lipinski definition) is 1. The third-order valence-corrected chi connectivity index (χ3v) is 3.22. The van der Waals surface area contributed by atoms with Crippen molar-refractivity contribution in [3.63, 3.8) is 0 Å². The monoisotopic (exact) mass is 189 g/mol. The Morgan fingerprint density at radius 1 is 1.36 bits per heavy atom. The highest BCUT2D eigenvalue weighted by Gasteiger charge is 2.15. The van der Waals surface area contributed by atoms with Gasteiger partial charge in [0.15, 0.2) is 0 Å². The summed E-state index contributed by atoms with van der Waals surface area (Å²) in [5.41, 5.74) is 6.12. The van der Waals surface area contributed by atoms with Gasteiger partial charge in [-0.1, -0.05) is 19.1 Å². The van der Waals surface area contributed by atoms with E-state index < -0.39 is 0 Å². The Kier molecular flexibility index (Phi) is 2.60. The fraction of sp³-hybridized carbons (Fsp3) is 0.538. The molecule has 76 valence electrons. The first-order chi connectivity index (χ1) is 6.70. The number of fused-ring (bicyclic) bond motifs is 1. The summed E-state index contributed by atoms with van der Waals surface area (Å²) in [4.78, 5) is 2.40. The minimum Gasteiger partial charge on any atom is -0.302 e. The van der Waals surface area contributed by atoms with Gasteiger partial charge in [0.05, 0.1) is 0 Å². The van der Waals surface area contributed by atoms with Gasteiger partial charge in [-0.2, -0.15) is 0 Å². The van der Waals surface area contributed by atoms with Crippen LogP contribution in [0.1, 0.15) is 29.2 Å². The summed E-state index contributed by atoms with van der Waals surface area (Å²) in [5, 5.41) is 0. The highest BCUT2D eigenvalue weighted by molar-refractivity contribution is 5.40. The molecule has 0 aromatic heterocycles. The third kappa shape index (κ3) is 1.69.